The van der Waals surface area contributed by atoms with Gasteiger partial charge < -0.3 is 15.0 Å². The number of piperazine rings is 1. The molecule has 1 N–H and O–H groups in total. The first kappa shape index (κ1) is 22.0. The molecule has 0 aliphatic carbocycles. The number of benzene rings is 1. The van der Waals surface area contributed by atoms with Gasteiger partial charge in [-0.1, -0.05) is 6.07 Å². The van der Waals surface area contributed by atoms with Crippen LogP contribution in [-0.4, -0.2) is 61.0 Å². The molecule has 3 aromatic rings. The van der Waals surface area contributed by atoms with Crippen LogP contribution >= 0.6 is 0 Å². The summed E-state index contributed by atoms with van der Waals surface area (Å²) in [6.07, 6.45) is 1.79. The molecule has 168 valence electrons. The molecule has 32 heavy (non-hydrogen) atoms. The second kappa shape index (κ2) is 9.09. The SMILES string of the molecule is COc1ccc(S(=O)(=O)N2CCN(c3nc(C)cc(Nc4ccc(C)cn4)n3)CC2)cc1. The van der Waals surface area contributed by atoms with Gasteiger partial charge in [-0.05, 0) is 49.7 Å². The molecule has 1 saturated heterocycles. The van der Waals surface area contributed by atoms with Gasteiger partial charge in [-0.25, -0.2) is 18.4 Å². The molecule has 1 aromatic carbocycles. The van der Waals surface area contributed by atoms with Gasteiger partial charge in [0.1, 0.15) is 17.4 Å². The highest BCUT2D eigenvalue weighted by atomic mass is 32.2. The van der Waals surface area contributed by atoms with Crippen LogP contribution in [0, 0.1) is 13.8 Å². The van der Waals surface area contributed by atoms with Gasteiger partial charge in [0.25, 0.3) is 0 Å². The van der Waals surface area contributed by atoms with E-state index in [0.29, 0.717) is 49.5 Å². The Morgan fingerprint density at radius 1 is 0.938 bits per heavy atom. The summed E-state index contributed by atoms with van der Waals surface area (Å²) in [5, 5.41) is 3.21. The second-order valence-corrected chi connectivity index (χ2v) is 9.54. The fourth-order valence-corrected chi connectivity index (χ4v) is 4.88. The number of aryl methyl sites for hydroxylation is 2. The predicted molar refractivity (Wildman–Crippen MR) is 123 cm³/mol. The Morgan fingerprint density at radius 2 is 1.66 bits per heavy atom. The lowest BCUT2D eigenvalue weighted by molar-refractivity contribution is 0.382. The Hall–Kier alpha value is -3.24. The van der Waals surface area contributed by atoms with Crippen molar-refractivity contribution in [3.05, 3.63) is 59.9 Å². The first-order valence-electron chi connectivity index (χ1n) is 10.3. The lowest BCUT2D eigenvalue weighted by atomic mass is 10.3. The van der Waals surface area contributed by atoms with Crippen molar-refractivity contribution in [1.82, 2.24) is 19.3 Å². The molecule has 1 aliphatic rings. The van der Waals surface area contributed by atoms with E-state index in [4.69, 9.17) is 4.74 Å². The van der Waals surface area contributed by atoms with E-state index >= 15 is 0 Å². The van der Waals surface area contributed by atoms with E-state index in [2.05, 4.69) is 20.3 Å². The third kappa shape index (κ3) is 4.81. The first-order valence-corrected chi connectivity index (χ1v) is 11.7. The molecule has 0 unspecified atom stereocenters. The number of methoxy groups -OCH3 is 1. The largest absolute Gasteiger partial charge is 0.497 e. The topological polar surface area (TPSA) is 101 Å². The molecular formula is C22H26N6O3S. The smallest absolute Gasteiger partial charge is 0.243 e. The highest BCUT2D eigenvalue weighted by Gasteiger charge is 2.29. The van der Waals surface area contributed by atoms with E-state index in [-0.39, 0.29) is 4.90 Å². The molecular weight excluding hydrogens is 428 g/mol. The minimum atomic E-state index is -3.56. The van der Waals surface area contributed by atoms with Crippen LogP contribution in [0.2, 0.25) is 0 Å². The van der Waals surface area contributed by atoms with Crippen LogP contribution < -0.4 is 15.0 Å². The fraction of sp³-hybridized carbons (Fsp3) is 0.318. The lowest BCUT2D eigenvalue weighted by Gasteiger charge is -2.34. The molecule has 0 radical (unpaired) electrons. The summed E-state index contributed by atoms with van der Waals surface area (Å²) in [5.74, 6) is 2.55. The molecule has 1 aliphatic heterocycles. The number of anilines is 3. The van der Waals surface area contributed by atoms with Crippen LogP contribution in [0.4, 0.5) is 17.6 Å². The summed E-state index contributed by atoms with van der Waals surface area (Å²) < 4.78 is 32.6. The van der Waals surface area contributed by atoms with Gasteiger partial charge in [-0.3, -0.25) is 0 Å². The average Bonchev–Trinajstić information content (AvgIpc) is 2.80. The normalized spacial score (nSPS) is 14.9. The van der Waals surface area contributed by atoms with Gasteiger partial charge in [0.2, 0.25) is 16.0 Å². The lowest BCUT2D eigenvalue weighted by Crippen LogP contribution is -2.49. The molecule has 0 spiro atoms. The minimum Gasteiger partial charge on any atom is -0.497 e. The Labute approximate surface area is 188 Å². The third-order valence-electron chi connectivity index (χ3n) is 5.23. The van der Waals surface area contributed by atoms with Crippen molar-refractivity contribution >= 4 is 27.6 Å². The Morgan fingerprint density at radius 3 is 2.28 bits per heavy atom. The van der Waals surface area contributed by atoms with E-state index in [1.165, 1.54) is 4.31 Å². The molecule has 2 aromatic heterocycles. The zero-order valence-electron chi connectivity index (χ0n) is 18.3. The predicted octanol–water partition coefficient (Wildman–Crippen LogP) is 2.75. The summed E-state index contributed by atoms with van der Waals surface area (Å²) in [6, 6.07) is 12.2. The van der Waals surface area contributed by atoms with Crippen molar-refractivity contribution < 1.29 is 13.2 Å². The summed E-state index contributed by atoms with van der Waals surface area (Å²) in [7, 11) is -2.01. The van der Waals surface area contributed by atoms with Crippen molar-refractivity contribution in [2.24, 2.45) is 0 Å². The molecule has 9 nitrogen and oxygen atoms in total. The average molecular weight is 455 g/mol. The van der Waals surface area contributed by atoms with Gasteiger partial charge in [0.05, 0.1) is 12.0 Å². The number of hydrogen-bond acceptors (Lipinski definition) is 8. The van der Waals surface area contributed by atoms with Crippen LogP contribution in [0.25, 0.3) is 0 Å². The zero-order chi connectivity index (χ0) is 22.7. The second-order valence-electron chi connectivity index (χ2n) is 7.61. The van der Waals surface area contributed by atoms with Crippen molar-refractivity contribution in [1.29, 1.82) is 0 Å². The van der Waals surface area contributed by atoms with Crippen molar-refractivity contribution in [2.75, 3.05) is 43.5 Å². The number of hydrogen-bond donors (Lipinski definition) is 1. The number of nitrogens with zero attached hydrogens (tertiary/aromatic N) is 5. The molecule has 3 heterocycles. The van der Waals surface area contributed by atoms with Crippen molar-refractivity contribution in [2.45, 2.75) is 18.7 Å². The number of sulfonamides is 1. The van der Waals surface area contributed by atoms with E-state index in [1.807, 2.05) is 36.9 Å². The monoisotopic (exact) mass is 454 g/mol. The molecule has 4 rings (SSSR count). The quantitative estimate of drug-likeness (QED) is 0.607. The number of pyridine rings is 1. The van der Waals surface area contributed by atoms with Crippen molar-refractivity contribution in [3.63, 3.8) is 0 Å². The maximum Gasteiger partial charge on any atom is 0.243 e. The van der Waals surface area contributed by atoms with Gasteiger partial charge >= 0.3 is 0 Å². The number of ether oxygens (including phenoxy) is 1. The van der Waals surface area contributed by atoms with E-state index < -0.39 is 10.0 Å². The summed E-state index contributed by atoms with van der Waals surface area (Å²) in [4.78, 5) is 15.8. The van der Waals surface area contributed by atoms with E-state index in [0.717, 1.165) is 11.3 Å². The van der Waals surface area contributed by atoms with Gasteiger partial charge in [0.15, 0.2) is 0 Å². The summed E-state index contributed by atoms with van der Waals surface area (Å²) in [6.45, 7) is 5.60. The van der Waals surface area contributed by atoms with Crippen LogP contribution in [0.1, 0.15) is 11.3 Å². The Balaban J connectivity index is 1.45. The highest BCUT2D eigenvalue weighted by molar-refractivity contribution is 7.89. The molecule has 10 heteroatoms. The summed E-state index contributed by atoms with van der Waals surface area (Å²) in [5.41, 5.74) is 1.90. The van der Waals surface area contributed by atoms with Crippen LogP contribution in [-0.2, 0) is 10.0 Å². The molecule has 1 fully saturated rings. The standard InChI is InChI=1S/C22H26N6O3S/c1-16-4-9-20(23-15-16)25-21-14-17(2)24-22(26-21)27-10-12-28(13-11-27)32(29,30)19-7-5-18(31-3)6-8-19/h4-9,14-15H,10-13H2,1-3H3,(H,23,24,25,26). The molecule has 0 bridgehead atoms. The number of rotatable bonds is 6. The first-order chi connectivity index (χ1) is 15.3. The van der Waals surface area contributed by atoms with Gasteiger partial charge in [0, 0.05) is 44.1 Å². The highest BCUT2D eigenvalue weighted by Crippen LogP contribution is 2.23. The maximum atomic E-state index is 13.0. The van der Waals surface area contributed by atoms with Gasteiger partial charge in [-0.2, -0.15) is 9.29 Å². The fourth-order valence-electron chi connectivity index (χ4n) is 3.46. The third-order valence-corrected chi connectivity index (χ3v) is 7.14. The minimum absolute atomic E-state index is 0.260. The number of aromatic nitrogens is 3. The van der Waals surface area contributed by atoms with Gasteiger partial charge in [-0.15, -0.1) is 0 Å². The molecule has 0 amide bonds. The van der Waals surface area contributed by atoms with Crippen LogP contribution in [0.5, 0.6) is 5.75 Å². The van der Waals surface area contributed by atoms with Crippen LogP contribution in [0.15, 0.2) is 53.6 Å². The van der Waals surface area contributed by atoms with Crippen LogP contribution in [0.3, 0.4) is 0 Å². The van der Waals surface area contributed by atoms with Crippen molar-refractivity contribution in [3.8, 4) is 5.75 Å². The maximum absolute atomic E-state index is 13.0. The molecule has 0 saturated carbocycles. The van der Waals surface area contributed by atoms with E-state index in [9.17, 15) is 8.42 Å². The Kier molecular flexibility index (Phi) is 6.24. The zero-order valence-corrected chi connectivity index (χ0v) is 19.1. The number of nitrogens with one attached hydrogen (secondary N) is 1. The summed E-state index contributed by atoms with van der Waals surface area (Å²) >= 11 is 0. The molecule has 0 atom stereocenters. The Bertz CT molecular complexity index is 1180. The van der Waals surface area contributed by atoms with E-state index in [1.54, 1.807) is 37.6 Å².